The normalized spacial score (nSPS) is 16.5. The van der Waals surface area contributed by atoms with Crippen LogP contribution in [0.1, 0.15) is 36.2 Å². The zero-order valence-electron chi connectivity index (χ0n) is 11.7. The summed E-state index contributed by atoms with van der Waals surface area (Å²) in [5, 5.41) is 9.54. The third-order valence-corrected chi connectivity index (χ3v) is 4.03. The van der Waals surface area contributed by atoms with E-state index in [9.17, 15) is 4.79 Å². The van der Waals surface area contributed by atoms with Gasteiger partial charge < -0.3 is 0 Å². The van der Waals surface area contributed by atoms with Gasteiger partial charge in [0.15, 0.2) is 0 Å². The van der Waals surface area contributed by atoms with Gasteiger partial charge in [-0.2, -0.15) is 4.98 Å². The van der Waals surface area contributed by atoms with Crippen LogP contribution in [-0.4, -0.2) is 21.1 Å². The molecule has 5 heteroatoms. The number of amides is 1. The van der Waals surface area contributed by atoms with E-state index < -0.39 is 5.41 Å². The summed E-state index contributed by atoms with van der Waals surface area (Å²) in [6.07, 6.45) is 2.84. The molecule has 1 heterocycles. The van der Waals surface area contributed by atoms with Crippen LogP contribution in [0, 0.1) is 13.8 Å². The molecule has 1 aliphatic carbocycles. The molecule has 0 spiro atoms. The highest BCUT2D eigenvalue weighted by Crippen LogP contribution is 2.44. The molecule has 1 aromatic carbocycles. The Balaban J connectivity index is 1.87. The van der Waals surface area contributed by atoms with Crippen molar-refractivity contribution < 1.29 is 4.79 Å². The summed E-state index contributed by atoms with van der Waals surface area (Å²) < 4.78 is 0. The Kier molecular flexibility index (Phi) is 3.04. The molecule has 104 valence electrons. The summed E-state index contributed by atoms with van der Waals surface area (Å²) in [6.45, 7) is 3.86. The summed E-state index contributed by atoms with van der Waals surface area (Å²) in [6, 6.07) is 8.19. The van der Waals surface area contributed by atoms with E-state index in [0.29, 0.717) is 11.8 Å². The summed E-state index contributed by atoms with van der Waals surface area (Å²) in [7, 11) is 0. The first-order chi connectivity index (χ1) is 9.60. The molecule has 1 aliphatic rings. The predicted molar refractivity (Wildman–Crippen MR) is 76.5 cm³/mol. The fourth-order valence-corrected chi connectivity index (χ4v) is 2.74. The van der Waals surface area contributed by atoms with Crippen LogP contribution in [0.25, 0.3) is 0 Å². The Labute approximate surface area is 117 Å². The molecule has 0 aliphatic heterocycles. The highest BCUT2D eigenvalue weighted by molar-refractivity contribution is 5.98. The highest BCUT2D eigenvalue weighted by atomic mass is 16.2. The number of aryl methyl sites for hydroxylation is 2. The molecule has 0 unspecified atom stereocenters. The second-order valence-electron chi connectivity index (χ2n) is 5.50. The number of rotatable bonds is 3. The van der Waals surface area contributed by atoms with Gasteiger partial charge in [0.2, 0.25) is 11.9 Å². The zero-order valence-corrected chi connectivity index (χ0v) is 11.7. The fourth-order valence-electron chi connectivity index (χ4n) is 2.74. The molecule has 1 fully saturated rings. The maximum absolute atomic E-state index is 12.6. The molecular formula is C15H18N4O. The molecular weight excluding hydrogens is 252 g/mol. The van der Waals surface area contributed by atoms with Crippen molar-refractivity contribution in [2.24, 2.45) is 0 Å². The van der Waals surface area contributed by atoms with Crippen molar-refractivity contribution in [3.8, 4) is 0 Å². The van der Waals surface area contributed by atoms with Gasteiger partial charge in [0.1, 0.15) is 5.82 Å². The van der Waals surface area contributed by atoms with E-state index in [1.807, 2.05) is 32.0 Å². The Bertz CT molecular complexity index is 643. The second-order valence-corrected chi connectivity index (χ2v) is 5.50. The van der Waals surface area contributed by atoms with Gasteiger partial charge in [0.25, 0.3) is 0 Å². The van der Waals surface area contributed by atoms with Gasteiger partial charge in [-0.25, -0.2) is 0 Å². The lowest BCUT2D eigenvalue weighted by atomic mass is 9.63. The van der Waals surface area contributed by atoms with Crippen LogP contribution in [0.2, 0.25) is 0 Å². The molecule has 20 heavy (non-hydrogen) atoms. The summed E-state index contributed by atoms with van der Waals surface area (Å²) in [5.41, 5.74) is 1.85. The minimum absolute atomic E-state index is 0.00616. The average Bonchev–Trinajstić information content (AvgIpc) is 2.73. The first-order valence-electron chi connectivity index (χ1n) is 6.88. The number of hydrogen-bond donors (Lipinski definition) is 2. The Morgan fingerprint density at radius 1 is 1.35 bits per heavy atom. The van der Waals surface area contributed by atoms with E-state index in [4.69, 9.17) is 0 Å². The van der Waals surface area contributed by atoms with Crippen LogP contribution in [0.15, 0.2) is 24.3 Å². The molecule has 1 aromatic heterocycles. The van der Waals surface area contributed by atoms with E-state index in [2.05, 4.69) is 26.6 Å². The number of carbonyl (C=O) groups is 1. The standard InChI is InChI=1S/C15H18N4O/c1-10-5-3-6-12(9-10)15(7-4-8-15)13(20)17-14-16-11(2)18-19-14/h3,5-6,9H,4,7-8H2,1-2H3,(H2,16,17,18,19,20). The topological polar surface area (TPSA) is 70.7 Å². The lowest BCUT2D eigenvalue weighted by Gasteiger charge is -2.40. The van der Waals surface area contributed by atoms with Gasteiger partial charge in [0, 0.05) is 0 Å². The van der Waals surface area contributed by atoms with Crippen LogP contribution in [0.4, 0.5) is 5.95 Å². The SMILES string of the molecule is Cc1cccc(C2(C(=O)Nc3n[nH]c(C)n3)CCC2)c1. The third kappa shape index (κ3) is 2.09. The van der Waals surface area contributed by atoms with E-state index in [1.165, 1.54) is 5.56 Å². The predicted octanol–water partition coefficient (Wildman–Crippen LogP) is 2.48. The first kappa shape index (κ1) is 12.8. The minimum Gasteiger partial charge on any atom is -0.292 e. The van der Waals surface area contributed by atoms with E-state index in [1.54, 1.807) is 0 Å². The van der Waals surface area contributed by atoms with Crippen molar-refractivity contribution in [3.05, 3.63) is 41.2 Å². The van der Waals surface area contributed by atoms with Crippen molar-refractivity contribution in [2.75, 3.05) is 5.32 Å². The van der Waals surface area contributed by atoms with Crippen molar-refractivity contribution in [1.29, 1.82) is 0 Å². The number of nitrogens with one attached hydrogen (secondary N) is 2. The number of benzene rings is 1. The molecule has 3 rings (SSSR count). The van der Waals surface area contributed by atoms with Crippen molar-refractivity contribution in [1.82, 2.24) is 15.2 Å². The summed E-state index contributed by atoms with van der Waals surface area (Å²) >= 11 is 0. The Morgan fingerprint density at radius 2 is 2.15 bits per heavy atom. The second kappa shape index (κ2) is 4.74. The van der Waals surface area contributed by atoms with E-state index >= 15 is 0 Å². The highest BCUT2D eigenvalue weighted by Gasteiger charge is 2.45. The number of aromatic amines is 1. The number of carbonyl (C=O) groups excluding carboxylic acids is 1. The van der Waals surface area contributed by atoms with Crippen LogP contribution in [-0.2, 0) is 10.2 Å². The number of aromatic nitrogens is 3. The average molecular weight is 270 g/mol. The van der Waals surface area contributed by atoms with Gasteiger partial charge in [-0.15, -0.1) is 5.10 Å². The molecule has 2 N–H and O–H groups in total. The minimum atomic E-state index is -0.416. The molecule has 0 bridgehead atoms. The fraction of sp³-hybridized carbons (Fsp3) is 0.400. The third-order valence-electron chi connectivity index (χ3n) is 4.03. The first-order valence-corrected chi connectivity index (χ1v) is 6.88. The largest absolute Gasteiger partial charge is 0.292 e. The number of hydrogen-bond acceptors (Lipinski definition) is 3. The van der Waals surface area contributed by atoms with Crippen LogP contribution in [0.5, 0.6) is 0 Å². The van der Waals surface area contributed by atoms with Crippen LogP contribution < -0.4 is 5.32 Å². The van der Waals surface area contributed by atoms with Crippen LogP contribution >= 0.6 is 0 Å². The van der Waals surface area contributed by atoms with E-state index in [-0.39, 0.29) is 5.91 Å². The lowest BCUT2D eigenvalue weighted by molar-refractivity contribution is -0.124. The van der Waals surface area contributed by atoms with Crippen molar-refractivity contribution in [3.63, 3.8) is 0 Å². The molecule has 0 saturated heterocycles. The molecule has 1 amide bonds. The molecule has 0 atom stereocenters. The monoisotopic (exact) mass is 270 g/mol. The van der Waals surface area contributed by atoms with Gasteiger partial charge >= 0.3 is 0 Å². The smallest absolute Gasteiger partial charge is 0.248 e. The quantitative estimate of drug-likeness (QED) is 0.900. The van der Waals surface area contributed by atoms with Crippen LogP contribution in [0.3, 0.4) is 0 Å². The maximum atomic E-state index is 12.6. The number of H-pyrrole nitrogens is 1. The zero-order chi connectivity index (χ0) is 14.2. The lowest BCUT2D eigenvalue weighted by Crippen LogP contribution is -2.46. The maximum Gasteiger partial charge on any atom is 0.248 e. The number of nitrogens with zero attached hydrogens (tertiary/aromatic N) is 2. The van der Waals surface area contributed by atoms with Crippen molar-refractivity contribution >= 4 is 11.9 Å². The summed E-state index contributed by atoms with van der Waals surface area (Å²) in [5.74, 6) is 1.04. The molecule has 5 nitrogen and oxygen atoms in total. The van der Waals surface area contributed by atoms with Crippen molar-refractivity contribution in [2.45, 2.75) is 38.5 Å². The number of anilines is 1. The van der Waals surface area contributed by atoms with Gasteiger partial charge in [-0.1, -0.05) is 36.2 Å². The van der Waals surface area contributed by atoms with Gasteiger partial charge in [0.05, 0.1) is 5.41 Å². The van der Waals surface area contributed by atoms with Gasteiger partial charge in [-0.05, 0) is 32.3 Å². The van der Waals surface area contributed by atoms with E-state index in [0.717, 1.165) is 24.8 Å². The van der Waals surface area contributed by atoms with Gasteiger partial charge in [-0.3, -0.25) is 15.2 Å². The molecule has 2 aromatic rings. The Hall–Kier alpha value is -2.17. The summed E-state index contributed by atoms with van der Waals surface area (Å²) in [4.78, 5) is 16.8. The Morgan fingerprint density at radius 3 is 2.70 bits per heavy atom. The molecule has 1 saturated carbocycles. The molecule has 0 radical (unpaired) electrons.